The standard InChI is InChI=1S/C20H15ClN2/c21-16-7-5-6-15(14-16)20(23-12-3-4-13-23)18-10-11-22-19-9-2-1-8-17(18)19/h1-14,20H. The van der Waals surface area contributed by atoms with Crippen molar-refractivity contribution in [2.24, 2.45) is 0 Å². The molecule has 0 spiro atoms. The van der Waals surface area contributed by atoms with Gasteiger partial charge in [-0.1, -0.05) is 41.9 Å². The van der Waals surface area contributed by atoms with Gasteiger partial charge < -0.3 is 4.57 Å². The number of pyridine rings is 1. The Morgan fingerprint density at radius 2 is 1.70 bits per heavy atom. The summed E-state index contributed by atoms with van der Waals surface area (Å²) in [5, 5.41) is 1.91. The Bertz CT molecular complexity index is 939. The van der Waals surface area contributed by atoms with Gasteiger partial charge in [0.2, 0.25) is 0 Å². The van der Waals surface area contributed by atoms with Crippen LogP contribution in [0, 0.1) is 0 Å². The summed E-state index contributed by atoms with van der Waals surface area (Å²) in [5.74, 6) is 0. The molecule has 0 aliphatic rings. The Morgan fingerprint density at radius 1 is 0.870 bits per heavy atom. The average Bonchev–Trinajstić information content (AvgIpc) is 3.10. The summed E-state index contributed by atoms with van der Waals surface area (Å²) in [5.41, 5.74) is 3.38. The van der Waals surface area contributed by atoms with Crippen molar-refractivity contribution < 1.29 is 0 Å². The summed E-state index contributed by atoms with van der Waals surface area (Å²) in [6, 6.07) is 22.5. The molecule has 0 bridgehead atoms. The zero-order chi connectivity index (χ0) is 15.6. The van der Waals surface area contributed by atoms with Gasteiger partial charge in [0.1, 0.15) is 0 Å². The maximum atomic E-state index is 6.23. The van der Waals surface area contributed by atoms with Crippen molar-refractivity contribution in [3.63, 3.8) is 0 Å². The molecule has 4 aromatic rings. The van der Waals surface area contributed by atoms with Gasteiger partial charge in [0.15, 0.2) is 0 Å². The largest absolute Gasteiger partial charge is 0.343 e. The third-order valence-corrected chi connectivity index (χ3v) is 4.30. The molecule has 0 saturated heterocycles. The Labute approximate surface area is 140 Å². The molecule has 2 aromatic heterocycles. The van der Waals surface area contributed by atoms with Gasteiger partial charge in [-0.2, -0.15) is 0 Å². The minimum Gasteiger partial charge on any atom is -0.343 e. The first-order valence-corrected chi connectivity index (χ1v) is 7.92. The second-order valence-corrected chi connectivity index (χ2v) is 5.94. The predicted octanol–water partition coefficient (Wildman–Crippen LogP) is 5.33. The van der Waals surface area contributed by atoms with Crippen molar-refractivity contribution in [3.05, 3.63) is 101 Å². The van der Waals surface area contributed by atoms with Crippen LogP contribution in [0.25, 0.3) is 10.9 Å². The van der Waals surface area contributed by atoms with Gasteiger partial charge in [0, 0.05) is 29.0 Å². The normalized spacial score (nSPS) is 12.4. The summed E-state index contributed by atoms with van der Waals surface area (Å²) < 4.78 is 2.20. The van der Waals surface area contributed by atoms with Crippen molar-refractivity contribution in [2.45, 2.75) is 6.04 Å². The molecule has 2 heterocycles. The number of halogens is 1. The van der Waals surface area contributed by atoms with E-state index < -0.39 is 0 Å². The van der Waals surface area contributed by atoms with Crippen LogP contribution in [-0.2, 0) is 0 Å². The van der Waals surface area contributed by atoms with E-state index in [2.05, 4.69) is 46.2 Å². The molecular formula is C20H15ClN2. The van der Waals surface area contributed by atoms with Gasteiger partial charge in [-0.3, -0.25) is 4.98 Å². The van der Waals surface area contributed by atoms with Crippen LogP contribution >= 0.6 is 11.6 Å². The van der Waals surface area contributed by atoms with Crippen molar-refractivity contribution in [3.8, 4) is 0 Å². The number of nitrogens with zero attached hydrogens (tertiary/aromatic N) is 2. The molecule has 0 amide bonds. The van der Waals surface area contributed by atoms with Gasteiger partial charge in [0.25, 0.3) is 0 Å². The van der Waals surface area contributed by atoms with Gasteiger partial charge >= 0.3 is 0 Å². The van der Waals surface area contributed by atoms with Gasteiger partial charge in [-0.25, -0.2) is 0 Å². The number of benzene rings is 2. The van der Waals surface area contributed by atoms with E-state index in [9.17, 15) is 0 Å². The number of para-hydroxylation sites is 1. The highest BCUT2D eigenvalue weighted by Gasteiger charge is 2.18. The average molecular weight is 319 g/mol. The predicted molar refractivity (Wildman–Crippen MR) is 94.9 cm³/mol. The SMILES string of the molecule is Clc1cccc(C(c2ccnc3ccccc23)n2cccc2)c1. The fourth-order valence-electron chi connectivity index (χ4n) is 3.07. The molecule has 2 nitrogen and oxygen atoms in total. The first kappa shape index (κ1) is 14.0. The van der Waals surface area contributed by atoms with E-state index in [1.807, 2.05) is 48.7 Å². The molecule has 0 aliphatic carbocycles. The van der Waals surface area contributed by atoms with Crippen LogP contribution in [0.15, 0.2) is 85.3 Å². The number of fused-ring (bicyclic) bond motifs is 1. The van der Waals surface area contributed by atoms with Crippen LogP contribution in [-0.4, -0.2) is 9.55 Å². The molecule has 4 rings (SSSR count). The van der Waals surface area contributed by atoms with Crippen LogP contribution in [0.1, 0.15) is 17.2 Å². The molecular weight excluding hydrogens is 304 g/mol. The van der Waals surface area contributed by atoms with Crippen LogP contribution in [0.2, 0.25) is 5.02 Å². The lowest BCUT2D eigenvalue weighted by Crippen LogP contribution is -2.11. The summed E-state index contributed by atoms with van der Waals surface area (Å²) >= 11 is 6.23. The quantitative estimate of drug-likeness (QED) is 0.499. The third kappa shape index (κ3) is 2.62. The Balaban J connectivity index is 1.98. The molecule has 1 unspecified atom stereocenters. The summed E-state index contributed by atoms with van der Waals surface area (Å²) in [6.45, 7) is 0. The molecule has 0 N–H and O–H groups in total. The molecule has 112 valence electrons. The van der Waals surface area contributed by atoms with Crippen LogP contribution in [0.4, 0.5) is 0 Å². The first-order valence-electron chi connectivity index (χ1n) is 7.54. The Hall–Kier alpha value is -2.58. The summed E-state index contributed by atoms with van der Waals surface area (Å²) in [6.07, 6.45) is 6.04. The maximum absolute atomic E-state index is 6.23. The highest BCUT2D eigenvalue weighted by atomic mass is 35.5. The van der Waals surface area contributed by atoms with E-state index in [4.69, 9.17) is 11.6 Å². The molecule has 1 atom stereocenters. The molecule has 2 aromatic carbocycles. The highest BCUT2D eigenvalue weighted by molar-refractivity contribution is 6.30. The number of rotatable bonds is 3. The Morgan fingerprint density at radius 3 is 2.52 bits per heavy atom. The number of aromatic nitrogens is 2. The smallest absolute Gasteiger partial charge is 0.0840 e. The molecule has 0 fully saturated rings. The van der Waals surface area contributed by atoms with E-state index in [0.717, 1.165) is 21.5 Å². The van der Waals surface area contributed by atoms with Gasteiger partial charge in [-0.05, 0) is 47.5 Å². The van der Waals surface area contributed by atoms with Crippen molar-refractivity contribution >= 4 is 22.5 Å². The van der Waals surface area contributed by atoms with Crippen LogP contribution in [0.3, 0.4) is 0 Å². The highest BCUT2D eigenvalue weighted by Crippen LogP contribution is 2.32. The number of hydrogen-bond donors (Lipinski definition) is 0. The summed E-state index contributed by atoms with van der Waals surface area (Å²) in [4.78, 5) is 4.48. The third-order valence-electron chi connectivity index (χ3n) is 4.07. The van der Waals surface area contributed by atoms with Crippen LogP contribution in [0.5, 0.6) is 0 Å². The second kappa shape index (κ2) is 5.90. The molecule has 23 heavy (non-hydrogen) atoms. The zero-order valence-corrected chi connectivity index (χ0v) is 13.2. The lowest BCUT2D eigenvalue weighted by Gasteiger charge is -2.22. The topological polar surface area (TPSA) is 17.8 Å². The zero-order valence-electron chi connectivity index (χ0n) is 12.4. The lowest BCUT2D eigenvalue weighted by atomic mass is 9.95. The summed E-state index contributed by atoms with van der Waals surface area (Å²) in [7, 11) is 0. The fourth-order valence-corrected chi connectivity index (χ4v) is 3.26. The molecule has 0 aliphatic heterocycles. The number of hydrogen-bond acceptors (Lipinski definition) is 1. The van der Waals surface area contributed by atoms with Crippen molar-refractivity contribution in [1.82, 2.24) is 9.55 Å². The van der Waals surface area contributed by atoms with Crippen molar-refractivity contribution in [1.29, 1.82) is 0 Å². The van der Waals surface area contributed by atoms with E-state index in [1.165, 1.54) is 5.56 Å². The molecule has 0 radical (unpaired) electrons. The first-order chi connectivity index (χ1) is 11.3. The van der Waals surface area contributed by atoms with Gasteiger partial charge in [0.05, 0.1) is 11.6 Å². The fraction of sp³-hybridized carbons (Fsp3) is 0.0500. The lowest BCUT2D eigenvalue weighted by molar-refractivity contribution is 0.686. The van der Waals surface area contributed by atoms with E-state index in [-0.39, 0.29) is 6.04 Å². The van der Waals surface area contributed by atoms with Gasteiger partial charge in [-0.15, -0.1) is 0 Å². The van der Waals surface area contributed by atoms with Crippen molar-refractivity contribution in [2.75, 3.05) is 0 Å². The Kier molecular flexibility index (Phi) is 3.60. The molecule has 0 saturated carbocycles. The van der Waals surface area contributed by atoms with E-state index in [1.54, 1.807) is 0 Å². The van der Waals surface area contributed by atoms with Crippen LogP contribution < -0.4 is 0 Å². The monoisotopic (exact) mass is 318 g/mol. The second-order valence-electron chi connectivity index (χ2n) is 5.51. The molecule has 3 heteroatoms. The van der Waals surface area contributed by atoms with E-state index in [0.29, 0.717) is 0 Å². The maximum Gasteiger partial charge on any atom is 0.0840 e. The van der Waals surface area contributed by atoms with E-state index >= 15 is 0 Å². The minimum atomic E-state index is 0.0663. The minimum absolute atomic E-state index is 0.0663.